The molecular formula is C23H28N4O2. The Morgan fingerprint density at radius 3 is 2.07 bits per heavy atom. The maximum atomic E-state index is 5.47. The van der Waals surface area contributed by atoms with E-state index in [1.165, 1.54) is 5.56 Å². The number of nitrogens with one attached hydrogen (secondary N) is 2. The summed E-state index contributed by atoms with van der Waals surface area (Å²) in [5.74, 6) is 3.47. The van der Waals surface area contributed by atoms with E-state index in [4.69, 9.17) is 9.47 Å². The van der Waals surface area contributed by atoms with Crippen molar-refractivity contribution in [3.8, 4) is 11.5 Å². The molecule has 0 unspecified atom stereocenters. The molecule has 3 rings (SSSR count). The average molecular weight is 393 g/mol. The Labute approximate surface area is 172 Å². The molecule has 2 aromatic carbocycles. The average Bonchev–Trinajstić information content (AvgIpc) is 2.67. The Morgan fingerprint density at radius 1 is 0.793 bits per heavy atom. The Hall–Kier alpha value is -3.28. The zero-order chi connectivity index (χ0) is 21.0. The fourth-order valence-electron chi connectivity index (χ4n) is 3.12. The Balaban J connectivity index is 1.91. The zero-order valence-electron chi connectivity index (χ0n) is 17.8. The Kier molecular flexibility index (Phi) is 5.92. The number of ether oxygens (including phenoxy) is 2. The van der Waals surface area contributed by atoms with Crippen molar-refractivity contribution in [1.82, 2.24) is 9.97 Å². The molecule has 0 aliphatic carbocycles. The van der Waals surface area contributed by atoms with Crippen LogP contribution in [0, 0.1) is 6.92 Å². The van der Waals surface area contributed by atoms with Gasteiger partial charge in [-0.05, 0) is 36.1 Å². The molecular weight excluding hydrogens is 364 g/mol. The molecule has 0 aliphatic rings. The molecule has 0 aliphatic heterocycles. The standard InChI is InChI=1S/C23H28N4O2/c1-15-24-21(26-18-10-8-7-9-17(18)23(2,3)4)14-22(25-15)27-19-12-11-16(28-5)13-20(19)29-6/h7-14H,1-6H3,(H2,24,25,26,27). The smallest absolute Gasteiger partial charge is 0.146 e. The van der Waals surface area contributed by atoms with Crippen LogP contribution in [0.25, 0.3) is 0 Å². The predicted molar refractivity (Wildman–Crippen MR) is 118 cm³/mol. The first-order valence-corrected chi connectivity index (χ1v) is 9.51. The maximum absolute atomic E-state index is 5.47. The van der Waals surface area contributed by atoms with Crippen LogP contribution in [0.2, 0.25) is 0 Å². The van der Waals surface area contributed by atoms with Gasteiger partial charge in [0.2, 0.25) is 0 Å². The summed E-state index contributed by atoms with van der Waals surface area (Å²) in [4.78, 5) is 9.06. The van der Waals surface area contributed by atoms with Gasteiger partial charge < -0.3 is 20.1 Å². The van der Waals surface area contributed by atoms with Crippen LogP contribution in [0.1, 0.15) is 32.2 Å². The highest BCUT2D eigenvalue weighted by Gasteiger charge is 2.18. The van der Waals surface area contributed by atoms with Gasteiger partial charge in [0.05, 0.1) is 19.9 Å². The molecule has 0 saturated heterocycles. The summed E-state index contributed by atoms with van der Waals surface area (Å²) in [5, 5.41) is 6.77. The van der Waals surface area contributed by atoms with E-state index in [-0.39, 0.29) is 5.41 Å². The molecule has 2 N–H and O–H groups in total. The van der Waals surface area contributed by atoms with Crippen LogP contribution >= 0.6 is 0 Å². The van der Waals surface area contributed by atoms with Crippen LogP contribution in [-0.2, 0) is 5.41 Å². The van der Waals surface area contributed by atoms with Gasteiger partial charge in [0.15, 0.2) is 0 Å². The normalized spacial score (nSPS) is 11.1. The highest BCUT2D eigenvalue weighted by atomic mass is 16.5. The summed E-state index contributed by atoms with van der Waals surface area (Å²) in [7, 11) is 3.25. The molecule has 29 heavy (non-hydrogen) atoms. The van der Waals surface area contributed by atoms with Crippen molar-refractivity contribution < 1.29 is 9.47 Å². The third kappa shape index (κ3) is 4.96. The topological polar surface area (TPSA) is 68.3 Å². The monoisotopic (exact) mass is 392 g/mol. The summed E-state index contributed by atoms with van der Waals surface area (Å²) >= 11 is 0. The number of rotatable bonds is 6. The van der Waals surface area contributed by atoms with Crippen LogP contribution in [0.4, 0.5) is 23.0 Å². The summed E-state index contributed by atoms with van der Waals surface area (Å²) < 4.78 is 10.7. The Bertz CT molecular complexity index is 996. The van der Waals surface area contributed by atoms with Crippen LogP contribution in [0.3, 0.4) is 0 Å². The second-order valence-corrected chi connectivity index (χ2v) is 7.80. The van der Waals surface area contributed by atoms with E-state index < -0.39 is 0 Å². The summed E-state index contributed by atoms with van der Waals surface area (Å²) in [6.07, 6.45) is 0. The third-order valence-corrected chi connectivity index (χ3v) is 4.51. The minimum Gasteiger partial charge on any atom is -0.497 e. The molecule has 0 atom stereocenters. The number of anilines is 4. The van der Waals surface area contributed by atoms with Crippen molar-refractivity contribution >= 4 is 23.0 Å². The van der Waals surface area contributed by atoms with Crippen molar-refractivity contribution in [3.05, 3.63) is 59.9 Å². The van der Waals surface area contributed by atoms with Gasteiger partial charge in [-0.3, -0.25) is 0 Å². The van der Waals surface area contributed by atoms with Crippen LogP contribution in [0.5, 0.6) is 11.5 Å². The number of aryl methyl sites for hydroxylation is 1. The van der Waals surface area contributed by atoms with E-state index in [0.29, 0.717) is 17.4 Å². The molecule has 152 valence electrons. The minimum atomic E-state index is 0.0171. The van der Waals surface area contributed by atoms with Gasteiger partial charge >= 0.3 is 0 Å². The lowest BCUT2D eigenvalue weighted by atomic mass is 9.86. The highest BCUT2D eigenvalue weighted by molar-refractivity contribution is 5.69. The molecule has 0 spiro atoms. The fourth-order valence-corrected chi connectivity index (χ4v) is 3.12. The first-order valence-electron chi connectivity index (χ1n) is 9.51. The van der Waals surface area contributed by atoms with Crippen molar-refractivity contribution in [2.45, 2.75) is 33.1 Å². The molecule has 1 heterocycles. The van der Waals surface area contributed by atoms with Crippen molar-refractivity contribution in [1.29, 1.82) is 0 Å². The second-order valence-electron chi connectivity index (χ2n) is 7.80. The van der Waals surface area contributed by atoms with Crippen molar-refractivity contribution in [2.75, 3.05) is 24.9 Å². The molecule has 0 radical (unpaired) electrons. The van der Waals surface area contributed by atoms with Gasteiger partial charge in [-0.25, -0.2) is 9.97 Å². The van der Waals surface area contributed by atoms with Gasteiger partial charge in [0.25, 0.3) is 0 Å². The number of hydrogen-bond donors (Lipinski definition) is 2. The summed E-state index contributed by atoms with van der Waals surface area (Å²) in [6, 6.07) is 15.8. The predicted octanol–water partition coefficient (Wildman–Crippen LogP) is 5.59. The van der Waals surface area contributed by atoms with E-state index in [9.17, 15) is 0 Å². The van der Waals surface area contributed by atoms with Gasteiger partial charge in [0.1, 0.15) is 29.0 Å². The fraction of sp³-hybridized carbons (Fsp3) is 0.304. The lowest BCUT2D eigenvalue weighted by Crippen LogP contribution is -2.14. The Morgan fingerprint density at radius 2 is 1.45 bits per heavy atom. The van der Waals surface area contributed by atoms with E-state index in [2.05, 4.69) is 59.6 Å². The largest absolute Gasteiger partial charge is 0.497 e. The molecule has 0 bridgehead atoms. The van der Waals surface area contributed by atoms with E-state index >= 15 is 0 Å². The SMILES string of the molecule is COc1ccc(Nc2cc(Nc3ccccc3C(C)(C)C)nc(C)n2)c(OC)c1. The lowest BCUT2D eigenvalue weighted by Gasteiger charge is -2.23. The molecule has 0 amide bonds. The number of methoxy groups -OCH3 is 2. The first kappa shape index (κ1) is 20.5. The summed E-state index contributed by atoms with van der Waals surface area (Å²) in [6.45, 7) is 8.46. The minimum absolute atomic E-state index is 0.0171. The lowest BCUT2D eigenvalue weighted by molar-refractivity contribution is 0.395. The van der Waals surface area contributed by atoms with Crippen LogP contribution < -0.4 is 20.1 Å². The van der Waals surface area contributed by atoms with E-state index in [1.54, 1.807) is 14.2 Å². The number of nitrogens with zero attached hydrogens (tertiary/aromatic N) is 2. The number of hydrogen-bond acceptors (Lipinski definition) is 6. The number of benzene rings is 2. The maximum Gasteiger partial charge on any atom is 0.146 e. The van der Waals surface area contributed by atoms with Gasteiger partial charge in [0, 0.05) is 17.8 Å². The summed E-state index contributed by atoms with van der Waals surface area (Å²) in [5.41, 5.74) is 3.07. The van der Waals surface area contributed by atoms with Gasteiger partial charge in [-0.15, -0.1) is 0 Å². The molecule has 0 fully saturated rings. The van der Waals surface area contributed by atoms with Crippen molar-refractivity contribution in [3.63, 3.8) is 0 Å². The zero-order valence-corrected chi connectivity index (χ0v) is 17.8. The number of aromatic nitrogens is 2. The van der Waals surface area contributed by atoms with Crippen LogP contribution in [-0.4, -0.2) is 24.2 Å². The first-order chi connectivity index (χ1) is 13.8. The van der Waals surface area contributed by atoms with E-state index in [0.717, 1.165) is 22.9 Å². The third-order valence-electron chi connectivity index (χ3n) is 4.51. The molecule has 6 heteroatoms. The van der Waals surface area contributed by atoms with Crippen molar-refractivity contribution in [2.24, 2.45) is 0 Å². The molecule has 3 aromatic rings. The highest BCUT2D eigenvalue weighted by Crippen LogP contribution is 2.33. The molecule has 6 nitrogen and oxygen atoms in total. The quantitative estimate of drug-likeness (QED) is 0.570. The van der Waals surface area contributed by atoms with Crippen LogP contribution in [0.15, 0.2) is 48.5 Å². The van der Waals surface area contributed by atoms with E-state index in [1.807, 2.05) is 37.3 Å². The second kappa shape index (κ2) is 8.39. The number of para-hydroxylation sites is 1. The molecule has 1 aromatic heterocycles. The van der Waals surface area contributed by atoms with Gasteiger partial charge in [-0.2, -0.15) is 0 Å². The molecule has 0 saturated carbocycles. The van der Waals surface area contributed by atoms with Gasteiger partial charge in [-0.1, -0.05) is 39.0 Å².